The molecule has 0 aliphatic carbocycles. The Morgan fingerprint density at radius 3 is 2.47 bits per heavy atom. The fourth-order valence-corrected chi connectivity index (χ4v) is 1.45. The highest BCUT2D eigenvalue weighted by Crippen LogP contribution is 2.07. The number of nitrogens with one attached hydrogen (secondary N) is 1. The van der Waals surface area contributed by atoms with E-state index < -0.39 is 0 Å². The van der Waals surface area contributed by atoms with Crippen molar-refractivity contribution >= 4 is 0 Å². The number of ether oxygens (including phenoxy) is 2. The van der Waals surface area contributed by atoms with Crippen LogP contribution in [-0.2, 0) is 9.47 Å². The van der Waals surface area contributed by atoms with Gasteiger partial charge in [0.05, 0.1) is 0 Å². The van der Waals surface area contributed by atoms with Crippen molar-refractivity contribution in [3.63, 3.8) is 0 Å². The van der Waals surface area contributed by atoms with Crippen molar-refractivity contribution < 1.29 is 9.47 Å². The third kappa shape index (κ3) is 8.85. The maximum Gasteiger partial charge on any atom is 0.0487 e. The van der Waals surface area contributed by atoms with Gasteiger partial charge in [-0.25, -0.2) is 0 Å². The average molecular weight is 217 g/mol. The lowest BCUT2D eigenvalue weighted by Crippen LogP contribution is -2.32. The second-order valence-electron chi connectivity index (χ2n) is 4.07. The molecule has 0 saturated carbocycles. The van der Waals surface area contributed by atoms with E-state index in [1.807, 2.05) is 0 Å². The molecule has 0 spiro atoms. The van der Waals surface area contributed by atoms with Crippen molar-refractivity contribution in [2.45, 2.75) is 39.7 Å². The van der Waals surface area contributed by atoms with Gasteiger partial charge < -0.3 is 14.8 Å². The van der Waals surface area contributed by atoms with Crippen molar-refractivity contribution in [2.24, 2.45) is 5.92 Å². The molecule has 2 unspecified atom stereocenters. The van der Waals surface area contributed by atoms with Crippen LogP contribution in [-0.4, -0.2) is 39.5 Å². The minimum atomic E-state index is 0.581. The Hall–Kier alpha value is -0.120. The first-order valence-corrected chi connectivity index (χ1v) is 6.02. The number of hydrogen-bond donors (Lipinski definition) is 1. The van der Waals surface area contributed by atoms with E-state index in [1.54, 1.807) is 7.11 Å². The van der Waals surface area contributed by atoms with Crippen LogP contribution in [0.1, 0.15) is 33.6 Å². The van der Waals surface area contributed by atoms with Gasteiger partial charge in [0.25, 0.3) is 0 Å². The Balaban J connectivity index is 3.26. The first kappa shape index (κ1) is 14.9. The molecule has 0 aliphatic rings. The molecule has 0 saturated heterocycles. The zero-order valence-electron chi connectivity index (χ0n) is 10.7. The molecule has 3 heteroatoms. The molecule has 0 heterocycles. The van der Waals surface area contributed by atoms with E-state index in [2.05, 4.69) is 26.1 Å². The molecule has 0 aliphatic heterocycles. The summed E-state index contributed by atoms with van der Waals surface area (Å²) in [5, 5.41) is 3.43. The molecular weight excluding hydrogens is 190 g/mol. The van der Waals surface area contributed by atoms with Crippen molar-refractivity contribution in [3.05, 3.63) is 0 Å². The van der Waals surface area contributed by atoms with Crippen LogP contribution in [0.3, 0.4) is 0 Å². The fourth-order valence-electron chi connectivity index (χ4n) is 1.45. The monoisotopic (exact) mass is 217 g/mol. The van der Waals surface area contributed by atoms with Gasteiger partial charge in [-0.05, 0) is 32.2 Å². The van der Waals surface area contributed by atoms with E-state index >= 15 is 0 Å². The SMILES string of the molecule is CCNC(C)C(C)CCOCCCOC. The molecule has 0 fully saturated rings. The maximum atomic E-state index is 5.53. The van der Waals surface area contributed by atoms with Gasteiger partial charge in [0.1, 0.15) is 0 Å². The molecule has 2 atom stereocenters. The minimum Gasteiger partial charge on any atom is -0.385 e. The molecule has 1 N–H and O–H groups in total. The molecule has 0 bridgehead atoms. The van der Waals surface area contributed by atoms with Gasteiger partial charge in [-0.15, -0.1) is 0 Å². The molecule has 92 valence electrons. The smallest absolute Gasteiger partial charge is 0.0487 e. The summed E-state index contributed by atoms with van der Waals surface area (Å²) in [5.41, 5.74) is 0. The lowest BCUT2D eigenvalue weighted by molar-refractivity contribution is 0.0922. The summed E-state index contributed by atoms with van der Waals surface area (Å²) in [5.74, 6) is 0.673. The Morgan fingerprint density at radius 1 is 1.13 bits per heavy atom. The molecule has 0 aromatic heterocycles. The van der Waals surface area contributed by atoms with E-state index in [0.717, 1.165) is 39.2 Å². The van der Waals surface area contributed by atoms with Gasteiger partial charge in [-0.3, -0.25) is 0 Å². The van der Waals surface area contributed by atoms with E-state index in [-0.39, 0.29) is 0 Å². The Labute approximate surface area is 94.5 Å². The second kappa shape index (κ2) is 10.4. The van der Waals surface area contributed by atoms with Gasteiger partial charge in [-0.2, -0.15) is 0 Å². The van der Waals surface area contributed by atoms with Crippen LogP contribution < -0.4 is 5.32 Å². The van der Waals surface area contributed by atoms with Crippen molar-refractivity contribution in [2.75, 3.05) is 33.5 Å². The van der Waals surface area contributed by atoms with E-state index in [9.17, 15) is 0 Å². The van der Waals surface area contributed by atoms with E-state index in [0.29, 0.717) is 12.0 Å². The lowest BCUT2D eigenvalue weighted by Gasteiger charge is -2.20. The topological polar surface area (TPSA) is 30.5 Å². The summed E-state index contributed by atoms with van der Waals surface area (Å²) in [4.78, 5) is 0. The highest BCUT2D eigenvalue weighted by molar-refractivity contribution is 4.67. The van der Waals surface area contributed by atoms with Gasteiger partial charge >= 0.3 is 0 Å². The molecule has 0 radical (unpaired) electrons. The predicted molar refractivity (Wildman–Crippen MR) is 64.2 cm³/mol. The zero-order valence-corrected chi connectivity index (χ0v) is 10.7. The van der Waals surface area contributed by atoms with Gasteiger partial charge in [0, 0.05) is 33.0 Å². The largest absolute Gasteiger partial charge is 0.385 e. The summed E-state index contributed by atoms with van der Waals surface area (Å²) in [7, 11) is 1.72. The normalized spacial score (nSPS) is 15.2. The van der Waals surface area contributed by atoms with Crippen molar-refractivity contribution in [1.29, 1.82) is 0 Å². The standard InChI is InChI=1S/C12H27NO2/c1-5-13-12(3)11(2)7-10-15-9-6-8-14-4/h11-13H,5-10H2,1-4H3. The molecule has 0 rings (SSSR count). The highest BCUT2D eigenvalue weighted by Gasteiger charge is 2.09. The van der Waals surface area contributed by atoms with Gasteiger partial charge in [0.15, 0.2) is 0 Å². The first-order valence-electron chi connectivity index (χ1n) is 6.02. The predicted octanol–water partition coefficient (Wildman–Crippen LogP) is 2.06. The Morgan fingerprint density at radius 2 is 1.87 bits per heavy atom. The summed E-state index contributed by atoms with van der Waals surface area (Å²) in [6.07, 6.45) is 2.12. The highest BCUT2D eigenvalue weighted by atomic mass is 16.5. The number of hydrogen-bond acceptors (Lipinski definition) is 3. The summed E-state index contributed by atoms with van der Waals surface area (Å²) in [6.45, 7) is 10.2. The first-order chi connectivity index (χ1) is 7.22. The van der Waals surface area contributed by atoms with Crippen molar-refractivity contribution in [3.8, 4) is 0 Å². The van der Waals surface area contributed by atoms with E-state index in [1.165, 1.54) is 0 Å². The van der Waals surface area contributed by atoms with Crippen molar-refractivity contribution in [1.82, 2.24) is 5.32 Å². The van der Waals surface area contributed by atoms with Crippen LogP contribution in [0.15, 0.2) is 0 Å². The lowest BCUT2D eigenvalue weighted by atomic mass is 10.0. The van der Waals surface area contributed by atoms with Crippen LogP contribution in [0.5, 0.6) is 0 Å². The van der Waals surface area contributed by atoms with E-state index in [4.69, 9.17) is 9.47 Å². The Bertz CT molecular complexity index is 131. The molecule has 0 amide bonds. The van der Waals surface area contributed by atoms with Crippen LogP contribution in [0.25, 0.3) is 0 Å². The molecule has 15 heavy (non-hydrogen) atoms. The third-order valence-electron chi connectivity index (χ3n) is 2.73. The average Bonchev–Trinajstić information content (AvgIpc) is 2.23. The number of rotatable bonds is 10. The third-order valence-corrected chi connectivity index (χ3v) is 2.73. The van der Waals surface area contributed by atoms with Gasteiger partial charge in [0.2, 0.25) is 0 Å². The molecule has 3 nitrogen and oxygen atoms in total. The fraction of sp³-hybridized carbons (Fsp3) is 1.00. The second-order valence-corrected chi connectivity index (χ2v) is 4.07. The van der Waals surface area contributed by atoms with Crippen LogP contribution in [0.2, 0.25) is 0 Å². The summed E-state index contributed by atoms with van der Waals surface area (Å²) >= 11 is 0. The van der Waals surface area contributed by atoms with Crippen LogP contribution in [0, 0.1) is 5.92 Å². The van der Waals surface area contributed by atoms with Gasteiger partial charge in [-0.1, -0.05) is 13.8 Å². The molecule has 0 aromatic rings. The maximum absolute atomic E-state index is 5.53. The molecular formula is C12H27NO2. The molecule has 0 aromatic carbocycles. The minimum absolute atomic E-state index is 0.581. The number of methoxy groups -OCH3 is 1. The Kier molecular flexibility index (Phi) is 10.3. The zero-order chi connectivity index (χ0) is 11.5. The quantitative estimate of drug-likeness (QED) is 0.568. The van der Waals surface area contributed by atoms with Crippen LogP contribution >= 0.6 is 0 Å². The summed E-state index contributed by atoms with van der Waals surface area (Å²) in [6, 6.07) is 0.581. The summed E-state index contributed by atoms with van der Waals surface area (Å²) < 4.78 is 10.5. The van der Waals surface area contributed by atoms with Crippen LogP contribution in [0.4, 0.5) is 0 Å².